The van der Waals surface area contributed by atoms with E-state index in [0.717, 1.165) is 0 Å². The molecule has 0 aliphatic carbocycles. The Balaban J connectivity index is 2.87. The molecule has 0 aliphatic heterocycles. The first-order valence-corrected chi connectivity index (χ1v) is 4.75. The van der Waals surface area contributed by atoms with Crippen molar-refractivity contribution in [2.75, 3.05) is 39.6 Å². The van der Waals surface area contributed by atoms with Gasteiger partial charge in [-0.15, -0.1) is 0 Å². The molecule has 0 aromatic heterocycles. The zero-order valence-electron chi connectivity index (χ0n) is 7.27. The third-order valence-corrected chi connectivity index (χ3v) is 1.31. The molecule has 13 heavy (non-hydrogen) atoms. The third-order valence-electron chi connectivity index (χ3n) is 1.06. The van der Waals surface area contributed by atoms with Crippen LogP contribution in [0.1, 0.15) is 0 Å². The minimum absolute atomic E-state index is 0.0387. The number of thiol groups is 1. The van der Waals surface area contributed by atoms with Crippen LogP contribution in [0.25, 0.3) is 0 Å². The zero-order chi connectivity index (χ0) is 9.94. The molecule has 0 spiro atoms. The summed E-state index contributed by atoms with van der Waals surface area (Å²) in [4.78, 5) is 0. The standard InChI is InChI=1S/C7H14O4S2/c8-1-2-9-3-4-10-5-6-11-7(12)13/h8H,1-6H2,(H,12,13). The van der Waals surface area contributed by atoms with Gasteiger partial charge in [-0.2, -0.15) is 0 Å². The van der Waals surface area contributed by atoms with E-state index < -0.39 is 0 Å². The van der Waals surface area contributed by atoms with E-state index in [2.05, 4.69) is 24.8 Å². The van der Waals surface area contributed by atoms with Gasteiger partial charge < -0.3 is 19.3 Å². The maximum Gasteiger partial charge on any atom is 0.216 e. The Kier molecular flexibility index (Phi) is 10.3. The molecular weight excluding hydrogens is 212 g/mol. The van der Waals surface area contributed by atoms with Crippen LogP contribution in [0.2, 0.25) is 0 Å². The quantitative estimate of drug-likeness (QED) is 0.353. The fourth-order valence-electron chi connectivity index (χ4n) is 0.574. The predicted molar refractivity (Wildman–Crippen MR) is 56.3 cm³/mol. The number of hydrogen-bond acceptors (Lipinski definition) is 5. The second kappa shape index (κ2) is 10.2. The van der Waals surface area contributed by atoms with Gasteiger partial charge in [0.1, 0.15) is 6.61 Å². The summed E-state index contributed by atoms with van der Waals surface area (Å²) < 4.78 is 15.1. The van der Waals surface area contributed by atoms with Crippen molar-refractivity contribution in [1.82, 2.24) is 0 Å². The molecule has 0 amide bonds. The second-order valence-electron chi connectivity index (χ2n) is 2.06. The molecule has 0 saturated heterocycles. The number of aliphatic hydroxyl groups excluding tert-OH is 1. The SMILES string of the molecule is OCCOCCOCCOC(=S)S. The summed E-state index contributed by atoms with van der Waals surface area (Å²) in [6, 6.07) is 0. The minimum atomic E-state index is 0.0387. The molecule has 0 bridgehead atoms. The Bertz CT molecular complexity index is 132. The molecule has 0 rings (SSSR count). The molecule has 0 aromatic carbocycles. The van der Waals surface area contributed by atoms with Crippen LogP contribution >= 0.6 is 24.8 Å². The van der Waals surface area contributed by atoms with E-state index in [1.54, 1.807) is 0 Å². The van der Waals surface area contributed by atoms with Gasteiger partial charge in [-0.3, -0.25) is 0 Å². The highest BCUT2D eigenvalue weighted by molar-refractivity contribution is 8.10. The first-order chi connectivity index (χ1) is 6.27. The zero-order valence-corrected chi connectivity index (χ0v) is 8.98. The van der Waals surface area contributed by atoms with Gasteiger partial charge in [-0.25, -0.2) is 0 Å². The summed E-state index contributed by atoms with van der Waals surface area (Å²) in [7, 11) is 0. The van der Waals surface area contributed by atoms with Gasteiger partial charge in [0.15, 0.2) is 0 Å². The first kappa shape index (κ1) is 13.1. The maximum absolute atomic E-state index is 8.36. The lowest BCUT2D eigenvalue weighted by atomic mass is 10.7. The van der Waals surface area contributed by atoms with E-state index in [1.165, 1.54) is 0 Å². The lowest BCUT2D eigenvalue weighted by Crippen LogP contribution is -2.11. The van der Waals surface area contributed by atoms with Crippen LogP contribution in [0.3, 0.4) is 0 Å². The number of hydrogen-bond donors (Lipinski definition) is 2. The van der Waals surface area contributed by atoms with E-state index in [0.29, 0.717) is 33.0 Å². The van der Waals surface area contributed by atoms with Gasteiger partial charge in [-0.05, 0) is 12.2 Å². The van der Waals surface area contributed by atoms with Crippen LogP contribution in [-0.2, 0) is 14.2 Å². The minimum Gasteiger partial charge on any atom is -0.476 e. The van der Waals surface area contributed by atoms with E-state index in [1.807, 2.05) is 0 Å². The lowest BCUT2D eigenvalue weighted by molar-refractivity contribution is 0.0243. The molecule has 4 nitrogen and oxygen atoms in total. The van der Waals surface area contributed by atoms with E-state index in [-0.39, 0.29) is 11.0 Å². The van der Waals surface area contributed by atoms with Crippen molar-refractivity contribution in [3.8, 4) is 0 Å². The van der Waals surface area contributed by atoms with Crippen molar-refractivity contribution >= 4 is 29.2 Å². The highest BCUT2D eigenvalue weighted by atomic mass is 32.1. The van der Waals surface area contributed by atoms with Crippen LogP contribution in [0.5, 0.6) is 0 Å². The van der Waals surface area contributed by atoms with Crippen molar-refractivity contribution in [2.24, 2.45) is 0 Å². The van der Waals surface area contributed by atoms with Gasteiger partial charge >= 0.3 is 0 Å². The van der Waals surface area contributed by atoms with Crippen LogP contribution in [0.4, 0.5) is 0 Å². The molecule has 0 atom stereocenters. The Morgan fingerprint density at radius 1 is 1.08 bits per heavy atom. The topological polar surface area (TPSA) is 47.9 Å². The summed E-state index contributed by atoms with van der Waals surface area (Å²) in [6.45, 7) is 2.22. The summed E-state index contributed by atoms with van der Waals surface area (Å²) in [5, 5.41) is 8.36. The molecular formula is C7H14O4S2. The Hall–Kier alpha value is 0.120. The average Bonchev–Trinajstić information content (AvgIpc) is 2.09. The van der Waals surface area contributed by atoms with Crippen LogP contribution < -0.4 is 0 Å². The van der Waals surface area contributed by atoms with Gasteiger partial charge in [0, 0.05) is 0 Å². The summed E-state index contributed by atoms with van der Waals surface area (Å²) in [5.74, 6) is 0. The number of rotatable bonds is 8. The molecule has 0 unspecified atom stereocenters. The van der Waals surface area contributed by atoms with Crippen molar-refractivity contribution in [3.63, 3.8) is 0 Å². The molecule has 78 valence electrons. The maximum atomic E-state index is 8.36. The van der Waals surface area contributed by atoms with Gasteiger partial charge in [0.05, 0.1) is 33.0 Å². The molecule has 0 aliphatic rings. The van der Waals surface area contributed by atoms with Crippen molar-refractivity contribution in [1.29, 1.82) is 0 Å². The lowest BCUT2D eigenvalue weighted by Gasteiger charge is -2.05. The van der Waals surface area contributed by atoms with Gasteiger partial charge in [-0.1, -0.05) is 12.6 Å². The summed E-state index contributed by atoms with van der Waals surface area (Å²) >= 11 is 8.34. The average molecular weight is 226 g/mol. The second-order valence-corrected chi connectivity index (χ2v) is 3.14. The largest absolute Gasteiger partial charge is 0.476 e. The van der Waals surface area contributed by atoms with Crippen LogP contribution in [-0.4, -0.2) is 49.1 Å². The number of aliphatic hydroxyl groups is 1. The molecule has 6 heteroatoms. The fourth-order valence-corrected chi connectivity index (χ4v) is 0.749. The van der Waals surface area contributed by atoms with Gasteiger partial charge in [0.25, 0.3) is 0 Å². The smallest absolute Gasteiger partial charge is 0.216 e. The van der Waals surface area contributed by atoms with Crippen LogP contribution in [0, 0.1) is 0 Å². The summed E-state index contributed by atoms with van der Waals surface area (Å²) in [5.41, 5.74) is 0. The molecule has 0 radical (unpaired) electrons. The van der Waals surface area contributed by atoms with Crippen LogP contribution in [0.15, 0.2) is 0 Å². The normalized spacial score (nSPS) is 10.0. The molecule has 0 fully saturated rings. The molecule has 0 heterocycles. The predicted octanol–water partition coefficient (Wildman–Crippen LogP) is 0.243. The first-order valence-electron chi connectivity index (χ1n) is 3.89. The Morgan fingerprint density at radius 3 is 2.15 bits per heavy atom. The van der Waals surface area contributed by atoms with Crippen molar-refractivity contribution < 1.29 is 19.3 Å². The monoisotopic (exact) mass is 226 g/mol. The third kappa shape index (κ3) is 12.1. The van der Waals surface area contributed by atoms with Crippen molar-refractivity contribution in [3.05, 3.63) is 0 Å². The molecule has 0 aromatic rings. The Labute approximate surface area is 88.6 Å². The number of thiocarbonyl (C=S) groups is 1. The molecule has 1 N–H and O–H groups in total. The van der Waals surface area contributed by atoms with Gasteiger partial charge in [0.2, 0.25) is 4.38 Å². The fraction of sp³-hybridized carbons (Fsp3) is 0.857. The highest BCUT2D eigenvalue weighted by Gasteiger charge is 1.91. The van der Waals surface area contributed by atoms with E-state index in [9.17, 15) is 0 Å². The Morgan fingerprint density at radius 2 is 1.62 bits per heavy atom. The molecule has 0 saturated carbocycles. The summed E-state index contributed by atoms with van der Waals surface area (Å²) in [6.07, 6.45) is 0. The van der Waals surface area contributed by atoms with E-state index in [4.69, 9.17) is 19.3 Å². The van der Waals surface area contributed by atoms with E-state index >= 15 is 0 Å². The number of ether oxygens (including phenoxy) is 3. The highest BCUT2D eigenvalue weighted by Crippen LogP contribution is 1.87. The van der Waals surface area contributed by atoms with Crippen molar-refractivity contribution in [2.45, 2.75) is 0 Å².